The maximum atomic E-state index is 12.0. The lowest BCUT2D eigenvalue weighted by Crippen LogP contribution is -2.35. The van der Waals surface area contributed by atoms with Crippen molar-refractivity contribution in [3.05, 3.63) is 46.2 Å². The Kier molecular flexibility index (Phi) is 9.50. The number of ether oxygens (including phenoxy) is 2. The number of thiophene rings is 1. The number of aryl methyl sites for hydroxylation is 1. The molecule has 3 N–H and O–H groups in total. The van der Waals surface area contributed by atoms with Crippen molar-refractivity contribution in [3.8, 4) is 5.75 Å². The van der Waals surface area contributed by atoms with E-state index in [4.69, 9.17) is 9.47 Å². The van der Waals surface area contributed by atoms with Crippen molar-refractivity contribution in [1.29, 1.82) is 0 Å². The molecule has 1 heterocycles. The van der Waals surface area contributed by atoms with Crippen LogP contribution in [-0.4, -0.2) is 50.5 Å². The first-order valence-corrected chi connectivity index (χ1v) is 10.5. The normalized spacial score (nSPS) is 10.1. The summed E-state index contributed by atoms with van der Waals surface area (Å²) >= 11 is 1.43. The molecular formula is C21H25N3O6S. The largest absolute Gasteiger partial charge is 0.495 e. The van der Waals surface area contributed by atoms with Crippen LogP contribution >= 0.6 is 11.3 Å². The second kappa shape index (κ2) is 12.3. The van der Waals surface area contributed by atoms with Crippen LogP contribution in [0.5, 0.6) is 5.75 Å². The zero-order chi connectivity index (χ0) is 22.6. The Hall–Kier alpha value is -3.40. The lowest BCUT2D eigenvalue weighted by Gasteiger charge is -2.11. The van der Waals surface area contributed by atoms with Crippen LogP contribution in [0.4, 0.5) is 5.69 Å². The van der Waals surface area contributed by atoms with E-state index in [9.17, 15) is 19.2 Å². The van der Waals surface area contributed by atoms with E-state index in [0.717, 1.165) is 5.56 Å². The minimum atomic E-state index is -0.592. The summed E-state index contributed by atoms with van der Waals surface area (Å²) in [5.41, 5.74) is 2.02. The third kappa shape index (κ3) is 8.47. The molecule has 10 heteroatoms. The van der Waals surface area contributed by atoms with Gasteiger partial charge in [-0.2, -0.15) is 11.3 Å². The number of carbonyl (C=O) groups excluding carboxylic acids is 4. The molecule has 2 rings (SSSR count). The fraction of sp³-hybridized carbons (Fsp3) is 0.333. The third-order valence-electron chi connectivity index (χ3n) is 4.07. The topological polar surface area (TPSA) is 123 Å². The molecule has 0 saturated heterocycles. The van der Waals surface area contributed by atoms with Crippen molar-refractivity contribution in [2.45, 2.75) is 19.8 Å². The van der Waals surface area contributed by atoms with E-state index in [0.29, 0.717) is 30.0 Å². The first kappa shape index (κ1) is 23.9. The highest BCUT2D eigenvalue weighted by Gasteiger charge is 2.12. The van der Waals surface area contributed by atoms with Crippen LogP contribution < -0.4 is 20.7 Å². The molecule has 31 heavy (non-hydrogen) atoms. The van der Waals surface area contributed by atoms with Gasteiger partial charge in [-0.3, -0.25) is 19.2 Å². The molecule has 0 unspecified atom stereocenters. The van der Waals surface area contributed by atoms with Crippen LogP contribution in [0.2, 0.25) is 0 Å². The second-order valence-electron chi connectivity index (χ2n) is 6.56. The first-order valence-electron chi connectivity index (χ1n) is 9.56. The van der Waals surface area contributed by atoms with Gasteiger partial charge in [-0.1, -0.05) is 6.07 Å². The van der Waals surface area contributed by atoms with Gasteiger partial charge in [-0.15, -0.1) is 0 Å². The van der Waals surface area contributed by atoms with E-state index >= 15 is 0 Å². The van der Waals surface area contributed by atoms with Crippen molar-refractivity contribution in [2.75, 3.05) is 32.1 Å². The summed E-state index contributed by atoms with van der Waals surface area (Å²) in [5, 5.41) is 11.3. The number of anilines is 1. The molecule has 0 radical (unpaired) electrons. The molecule has 1 aromatic carbocycles. The first-order chi connectivity index (χ1) is 14.9. The molecular weight excluding hydrogens is 422 g/mol. The highest BCUT2D eigenvalue weighted by atomic mass is 32.1. The van der Waals surface area contributed by atoms with E-state index in [2.05, 4.69) is 16.0 Å². The van der Waals surface area contributed by atoms with E-state index in [1.54, 1.807) is 29.0 Å². The lowest BCUT2D eigenvalue weighted by atomic mass is 10.2. The zero-order valence-corrected chi connectivity index (χ0v) is 18.2. The maximum absolute atomic E-state index is 12.0. The Morgan fingerprint density at radius 3 is 2.58 bits per heavy atom. The van der Waals surface area contributed by atoms with Gasteiger partial charge in [0.2, 0.25) is 5.91 Å². The summed E-state index contributed by atoms with van der Waals surface area (Å²) < 4.78 is 10.1. The van der Waals surface area contributed by atoms with Crippen molar-refractivity contribution < 1.29 is 28.7 Å². The van der Waals surface area contributed by atoms with Crippen LogP contribution in [-0.2, 0) is 19.1 Å². The number of methoxy groups -OCH3 is 1. The van der Waals surface area contributed by atoms with E-state index in [1.807, 2.05) is 13.0 Å². The SMILES string of the molecule is COc1ccc(C)cc1NC(=O)CNC(=O)COC(=O)CCCNC(=O)c1ccsc1. The maximum Gasteiger partial charge on any atom is 0.306 e. The summed E-state index contributed by atoms with van der Waals surface area (Å²) in [6, 6.07) is 7.05. The highest BCUT2D eigenvalue weighted by molar-refractivity contribution is 7.08. The van der Waals surface area contributed by atoms with E-state index in [1.165, 1.54) is 18.4 Å². The van der Waals surface area contributed by atoms with Gasteiger partial charge in [0.15, 0.2) is 6.61 Å². The molecule has 1 aromatic heterocycles. The van der Waals surface area contributed by atoms with Crippen LogP contribution in [0.25, 0.3) is 0 Å². The van der Waals surface area contributed by atoms with Crippen LogP contribution in [0.1, 0.15) is 28.8 Å². The third-order valence-corrected chi connectivity index (χ3v) is 4.75. The number of rotatable bonds is 11. The average molecular weight is 448 g/mol. The Morgan fingerprint density at radius 2 is 1.87 bits per heavy atom. The Bertz CT molecular complexity index is 914. The minimum Gasteiger partial charge on any atom is -0.495 e. The molecule has 0 aliphatic heterocycles. The van der Waals surface area contributed by atoms with Gasteiger partial charge in [0.25, 0.3) is 11.8 Å². The predicted molar refractivity (Wildman–Crippen MR) is 116 cm³/mol. The molecule has 0 aliphatic carbocycles. The van der Waals surface area contributed by atoms with Crippen LogP contribution in [0.3, 0.4) is 0 Å². The van der Waals surface area contributed by atoms with Crippen molar-refractivity contribution >= 4 is 40.7 Å². The standard InChI is InChI=1S/C21H25N3O6S/c1-14-5-6-17(29-2)16(10-14)24-18(25)11-23-19(26)12-30-20(27)4-3-8-22-21(28)15-7-9-31-13-15/h5-7,9-10,13H,3-4,8,11-12H2,1-2H3,(H,22,28)(H,23,26)(H,24,25). The number of benzene rings is 1. The van der Waals surface area contributed by atoms with E-state index < -0.39 is 24.4 Å². The molecule has 0 bridgehead atoms. The molecule has 3 amide bonds. The monoisotopic (exact) mass is 447 g/mol. The summed E-state index contributed by atoms with van der Waals surface area (Å²) in [6.07, 6.45) is 0.446. The predicted octanol–water partition coefficient (Wildman–Crippen LogP) is 1.87. The summed E-state index contributed by atoms with van der Waals surface area (Å²) in [7, 11) is 1.49. The Balaban J connectivity index is 1.59. The van der Waals surface area contributed by atoms with Gasteiger partial charge in [0.1, 0.15) is 5.75 Å². The number of nitrogens with one attached hydrogen (secondary N) is 3. The van der Waals surface area contributed by atoms with Gasteiger partial charge in [-0.05, 0) is 42.5 Å². The number of amides is 3. The summed E-state index contributed by atoms with van der Waals surface area (Å²) in [4.78, 5) is 47.3. The second-order valence-corrected chi connectivity index (χ2v) is 7.34. The molecule has 2 aromatic rings. The fourth-order valence-corrected chi connectivity index (χ4v) is 3.13. The molecule has 0 saturated carbocycles. The smallest absolute Gasteiger partial charge is 0.306 e. The van der Waals surface area contributed by atoms with Crippen molar-refractivity contribution in [3.63, 3.8) is 0 Å². The Morgan fingerprint density at radius 1 is 1.06 bits per heavy atom. The average Bonchev–Trinajstić information content (AvgIpc) is 3.29. The molecule has 0 spiro atoms. The van der Waals surface area contributed by atoms with Gasteiger partial charge in [0, 0.05) is 23.9 Å². The van der Waals surface area contributed by atoms with Gasteiger partial charge < -0.3 is 25.4 Å². The van der Waals surface area contributed by atoms with Gasteiger partial charge >= 0.3 is 5.97 Å². The summed E-state index contributed by atoms with van der Waals surface area (Å²) in [5.74, 6) is -1.29. The number of hydrogen-bond donors (Lipinski definition) is 3. The molecule has 0 fully saturated rings. The van der Waals surface area contributed by atoms with Crippen LogP contribution in [0, 0.1) is 6.92 Å². The highest BCUT2D eigenvalue weighted by Crippen LogP contribution is 2.24. The number of carbonyl (C=O) groups is 4. The quantitative estimate of drug-likeness (QED) is 0.357. The zero-order valence-electron chi connectivity index (χ0n) is 17.4. The number of hydrogen-bond acceptors (Lipinski definition) is 7. The minimum absolute atomic E-state index is 0.0604. The molecule has 0 atom stereocenters. The molecule has 9 nitrogen and oxygen atoms in total. The summed E-state index contributed by atoms with van der Waals surface area (Å²) in [6.45, 7) is 1.44. The fourth-order valence-electron chi connectivity index (χ4n) is 2.49. The van der Waals surface area contributed by atoms with Crippen molar-refractivity contribution in [1.82, 2.24) is 10.6 Å². The van der Waals surface area contributed by atoms with Crippen molar-refractivity contribution in [2.24, 2.45) is 0 Å². The lowest BCUT2D eigenvalue weighted by molar-refractivity contribution is -0.148. The van der Waals surface area contributed by atoms with Gasteiger partial charge in [-0.25, -0.2) is 0 Å². The molecule has 166 valence electrons. The van der Waals surface area contributed by atoms with Gasteiger partial charge in [0.05, 0.1) is 19.3 Å². The van der Waals surface area contributed by atoms with Crippen LogP contribution in [0.15, 0.2) is 35.0 Å². The number of esters is 1. The Labute approximate surface area is 184 Å². The molecule has 0 aliphatic rings. The van der Waals surface area contributed by atoms with E-state index in [-0.39, 0.29) is 18.9 Å².